The molecular weight excluding hydrogens is 356 g/mol. The molecule has 8 nitrogen and oxygen atoms in total. The molecule has 4 heterocycles. The van der Waals surface area contributed by atoms with E-state index in [1.54, 1.807) is 16.2 Å². The van der Waals surface area contributed by atoms with Crippen molar-refractivity contribution < 1.29 is 18.6 Å². The van der Waals surface area contributed by atoms with Crippen LogP contribution in [0.15, 0.2) is 26.6 Å². The first-order valence-electron chi connectivity index (χ1n) is 8.30. The zero-order chi connectivity index (χ0) is 18.1. The lowest BCUT2D eigenvalue weighted by Gasteiger charge is -2.31. The number of ether oxygens (including phenoxy) is 1. The normalized spacial score (nSPS) is 17.6. The van der Waals surface area contributed by atoms with Crippen LogP contribution >= 0.6 is 11.3 Å². The number of carbonyl (C=O) groups is 1. The molecule has 0 aromatic carbocycles. The van der Waals surface area contributed by atoms with E-state index >= 15 is 0 Å². The third-order valence-electron chi connectivity index (χ3n) is 4.39. The van der Waals surface area contributed by atoms with Crippen LogP contribution in [-0.2, 0) is 16.0 Å². The Morgan fingerprint density at radius 3 is 2.96 bits per heavy atom. The molecule has 1 atom stereocenters. The molecule has 9 heteroatoms. The number of rotatable bonds is 4. The van der Waals surface area contributed by atoms with Crippen molar-refractivity contribution in [1.29, 1.82) is 0 Å². The molecule has 0 spiro atoms. The molecule has 1 aliphatic rings. The van der Waals surface area contributed by atoms with Gasteiger partial charge in [-0.15, -0.1) is 11.3 Å². The number of aryl methyl sites for hydroxylation is 2. The fraction of sp³-hybridized carbons (Fsp3) is 0.412. The van der Waals surface area contributed by atoms with Gasteiger partial charge in [-0.25, -0.2) is 0 Å². The average Bonchev–Trinajstić information content (AvgIpc) is 3.39. The summed E-state index contributed by atoms with van der Waals surface area (Å²) in [6, 6.07) is 3.86. The molecule has 4 rings (SSSR count). The maximum atomic E-state index is 12.7. The van der Waals surface area contributed by atoms with Gasteiger partial charge in [-0.1, -0.05) is 16.4 Å². The second kappa shape index (κ2) is 7.00. The molecule has 3 aromatic heterocycles. The van der Waals surface area contributed by atoms with Crippen molar-refractivity contribution in [3.63, 3.8) is 0 Å². The summed E-state index contributed by atoms with van der Waals surface area (Å²) < 4.78 is 16.2. The first-order valence-corrected chi connectivity index (χ1v) is 9.18. The lowest BCUT2D eigenvalue weighted by atomic mass is 10.1. The molecule has 0 N–H and O–H groups in total. The molecule has 0 bridgehead atoms. The van der Waals surface area contributed by atoms with Crippen molar-refractivity contribution in [3.05, 3.63) is 40.4 Å². The highest BCUT2D eigenvalue weighted by atomic mass is 32.1. The first-order chi connectivity index (χ1) is 12.6. The largest absolute Gasteiger partial charge is 0.365 e. The van der Waals surface area contributed by atoms with E-state index in [0.717, 1.165) is 16.1 Å². The summed E-state index contributed by atoms with van der Waals surface area (Å²) in [6.07, 6.45) is -0.156. The molecule has 1 amide bonds. The molecule has 3 aromatic rings. The maximum Gasteiger partial charge on any atom is 0.257 e. The van der Waals surface area contributed by atoms with Gasteiger partial charge in [0.15, 0.2) is 6.10 Å². The number of aromatic nitrogens is 3. The lowest BCUT2D eigenvalue weighted by molar-refractivity contribution is -0.139. The van der Waals surface area contributed by atoms with Gasteiger partial charge in [0.05, 0.1) is 30.1 Å². The predicted octanol–water partition coefficient (Wildman–Crippen LogP) is 2.55. The number of thiophene rings is 1. The minimum atomic E-state index is -0.418. The topological polar surface area (TPSA) is 94.5 Å². The van der Waals surface area contributed by atoms with E-state index in [4.69, 9.17) is 13.8 Å². The number of amides is 1. The van der Waals surface area contributed by atoms with Crippen molar-refractivity contribution in [2.24, 2.45) is 0 Å². The highest BCUT2D eigenvalue weighted by Gasteiger charge is 2.30. The second-order valence-electron chi connectivity index (χ2n) is 6.11. The van der Waals surface area contributed by atoms with Gasteiger partial charge >= 0.3 is 0 Å². The van der Waals surface area contributed by atoms with Gasteiger partial charge in [0.25, 0.3) is 5.89 Å². The van der Waals surface area contributed by atoms with Crippen LogP contribution in [0.2, 0.25) is 0 Å². The van der Waals surface area contributed by atoms with Crippen molar-refractivity contribution in [2.75, 3.05) is 19.7 Å². The van der Waals surface area contributed by atoms with Crippen LogP contribution in [0.1, 0.15) is 29.0 Å². The van der Waals surface area contributed by atoms with Gasteiger partial charge in [-0.2, -0.15) is 4.98 Å². The minimum absolute atomic E-state index is 0.00527. The van der Waals surface area contributed by atoms with E-state index in [2.05, 4.69) is 15.3 Å². The van der Waals surface area contributed by atoms with Crippen molar-refractivity contribution in [3.8, 4) is 10.7 Å². The smallest absolute Gasteiger partial charge is 0.257 e. The Hall–Kier alpha value is -2.52. The molecule has 0 radical (unpaired) electrons. The van der Waals surface area contributed by atoms with Crippen LogP contribution in [0.4, 0.5) is 0 Å². The molecule has 0 saturated carbocycles. The summed E-state index contributed by atoms with van der Waals surface area (Å²) in [6.45, 7) is 4.99. The number of hydrogen-bond donors (Lipinski definition) is 0. The van der Waals surface area contributed by atoms with Crippen LogP contribution in [0, 0.1) is 13.8 Å². The van der Waals surface area contributed by atoms with Gasteiger partial charge in [-0.05, 0) is 25.3 Å². The van der Waals surface area contributed by atoms with E-state index in [9.17, 15) is 4.79 Å². The average molecular weight is 374 g/mol. The second-order valence-corrected chi connectivity index (χ2v) is 7.06. The van der Waals surface area contributed by atoms with Crippen molar-refractivity contribution >= 4 is 17.2 Å². The SMILES string of the molecule is Cc1noc(C)c1CC(=O)N1CCO[C@H](c2nc(-c3cccs3)no2)C1. The molecular formula is C17H18N4O4S. The molecule has 1 saturated heterocycles. The zero-order valence-electron chi connectivity index (χ0n) is 14.5. The van der Waals surface area contributed by atoms with Crippen molar-refractivity contribution in [2.45, 2.75) is 26.4 Å². The van der Waals surface area contributed by atoms with Crippen molar-refractivity contribution in [1.82, 2.24) is 20.2 Å². The number of nitrogens with zero attached hydrogens (tertiary/aromatic N) is 4. The molecule has 26 heavy (non-hydrogen) atoms. The van der Waals surface area contributed by atoms with E-state index < -0.39 is 6.10 Å². The van der Waals surface area contributed by atoms with E-state index in [0.29, 0.717) is 37.2 Å². The van der Waals surface area contributed by atoms with Gasteiger partial charge < -0.3 is 18.7 Å². The first kappa shape index (κ1) is 16.9. The van der Waals surface area contributed by atoms with Gasteiger partial charge in [0.2, 0.25) is 11.7 Å². The minimum Gasteiger partial charge on any atom is -0.365 e. The highest BCUT2D eigenvalue weighted by molar-refractivity contribution is 7.13. The molecule has 0 aliphatic carbocycles. The Bertz CT molecular complexity index is 882. The number of carbonyl (C=O) groups excluding carboxylic acids is 1. The Balaban J connectivity index is 1.45. The molecule has 1 fully saturated rings. The van der Waals surface area contributed by atoms with Gasteiger partial charge in [0.1, 0.15) is 5.76 Å². The summed E-state index contributed by atoms with van der Waals surface area (Å²) >= 11 is 1.54. The summed E-state index contributed by atoms with van der Waals surface area (Å²) in [7, 11) is 0. The summed E-state index contributed by atoms with van der Waals surface area (Å²) in [5, 5.41) is 9.87. The summed E-state index contributed by atoms with van der Waals surface area (Å²) in [4.78, 5) is 19.8. The summed E-state index contributed by atoms with van der Waals surface area (Å²) in [5.74, 6) is 1.62. The Labute approximate surface area is 153 Å². The van der Waals surface area contributed by atoms with E-state index in [-0.39, 0.29) is 12.3 Å². The number of morpholine rings is 1. The molecule has 136 valence electrons. The van der Waals surface area contributed by atoms with Crippen LogP contribution in [0.25, 0.3) is 10.7 Å². The lowest BCUT2D eigenvalue weighted by Crippen LogP contribution is -2.43. The quantitative estimate of drug-likeness (QED) is 0.692. The summed E-state index contributed by atoms with van der Waals surface area (Å²) in [5.41, 5.74) is 1.59. The monoisotopic (exact) mass is 374 g/mol. The van der Waals surface area contributed by atoms with Gasteiger partial charge in [-0.3, -0.25) is 4.79 Å². The van der Waals surface area contributed by atoms with E-state index in [1.807, 2.05) is 31.4 Å². The highest BCUT2D eigenvalue weighted by Crippen LogP contribution is 2.26. The van der Waals surface area contributed by atoms with Crippen LogP contribution < -0.4 is 0 Å². The third kappa shape index (κ3) is 3.27. The fourth-order valence-corrected chi connectivity index (χ4v) is 3.56. The maximum absolute atomic E-state index is 12.7. The fourth-order valence-electron chi connectivity index (χ4n) is 2.91. The van der Waals surface area contributed by atoms with Crippen LogP contribution in [-0.4, -0.2) is 45.8 Å². The number of hydrogen-bond acceptors (Lipinski definition) is 8. The zero-order valence-corrected chi connectivity index (χ0v) is 15.3. The van der Waals surface area contributed by atoms with E-state index in [1.165, 1.54) is 0 Å². The Kier molecular flexibility index (Phi) is 4.56. The van der Waals surface area contributed by atoms with Gasteiger partial charge in [0, 0.05) is 12.1 Å². The van der Waals surface area contributed by atoms with Crippen LogP contribution in [0.5, 0.6) is 0 Å². The third-order valence-corrected chi connectivity index (χ3v) is 5.25. The predicted molar refractivity (Wildman–Crippen MR) is 92.6 cm³/mol. The molecule has 1 aliphatic heterocycles. The van der Waals surface area contributed by atoms with Crippen LogP contribution in [0.3, 0.4) is 0 Å². The Morgan fingerprint density at radius 2 is 2.23 bits per heavy atom. The Morgan fingerprint density at radius 1 is 1.35 bits per heavy atom. The standard InChI is InChI=1S/C17H18N4O4S/c1-10-12(11(2)24-19-10)8-15(22)21-5-6-23-13(9-21)17-18-16(20-25-17)14-4-3-7-26-14/h3-4,7,13H,5-6,8-9H2,1-2H3/t13-/m0/s1. The molecule has 0 unspecified atom stereocenters.